The minimum Gasteiger partial charge on any atom is -0.479 e. The zero-order valence-electron chi connectivity index (χ0n) is 19.6. The molecule has 0 aliphatic rings. The molecule has 0 saturated heterocycles. The maximum atomic E-state index is 11.2. The number of carbonyl (C=O) groups is 1. The highest BCUT2D eigenvalue weighted by molar-refractivity contribution is 5.73. The van der Waals surface area contributed by atoms with Gasteiger partial charge < -0.3 is 43.0 Å². The van der Waals surface area contributed by atoms with Crippen LogP contribution >= 0.6 is 0 Å². The summed E-state index contributed by atoms with van der Waals surface area (Å²) in [6.45, 7) is 12.1. The molecule has 0 aliphatic carbocycles. The van der Waals surface area contributed by atoms with Crippen LogP contribution in [-0.4, -0.2) is 117 Å². The molecule has 0 fully saturated rings. The zero-order chi connectivity index (χ0) is 23.2. The third-order valence-electron chi connectivity index (χ3n) is 3.81. The highest BCUT2D eigenvalue weighted by Gasteiger charge is 2.31. The number of rotatable bonds is 23. The first-order chi connectivity index (χ1) is 14.9. The second kappa shape index (κ2) is 21.0. The lowest BCUT2D eigenvalue weighted by molar-refractivity contribution is -0.159. The minimum atomic E-state index is -0.964. The Morgan fingerprint density at radius 1 is 0.613 bits per heavy atom. The van der Waals surface area contributed by atoms with Crippen LogP contribution in [0.1, 0.15) is 20.8 Å². The lowest BCUT2D eigenvalue weighted by atomic mass is 9.89. The van der Waals surface area contributed by atoms with Crippen molar-refractivity contribution in [3.63, 3.8) is 0 Å². The third-order valence-corrected chi connectivity index (χ3v) is 3.81. The molecule has 31 heavy (non-hydrogen) atoms. The number of aliphatic carboxylic acids is 1. The van der Waals surface area contributed by atoms with Gasteiger partial charge in [-0.25, -0.2) is 4.79 Å². The van der Waals surface area contributed by atoms with Crippen LogP contribution < -0.4 is 0 Å². The van der Waals surface area contributed by atoms with E-state index < -0.39 is 17.5 Å². The maximum Gasteiger partial charge on any atom is 0.333 e. The van der Waals surface area contributed by atoms with Gasteiger partial charge in [-0.3, -0.25) is 0 Å². The van der Waals surface area contributed by atoms with E-state index in [1.54, 1.807) is 7.11 Å². The van der Waals surface area contributed by atoms with Crippen molar-refractivity contribution >= 4 is 5.97 Å². The van der Waals surface area contributed by atoms with Gasteiger partial charge in [0, 0.05) is 7.11 Å². The first-order valence-corrected chi connectivity index (χ1v) is 10.7. The molecular formula is C21H42O10. The van der Waals surface area contributed by atoms with Crippen LogP contribution in [0.15, 0.2) is 0 Å². The summed E-state index contributed by atoms with van der Waals surface area (Å²) >= 11 is 0. The third kappa shape index (κ3) is 20.8. The first kappa shape index (κ1) is 30.1. The number of hydrogen-bond acceptors (Lipinski definition) is 9. The molecule has 10 heteroatoms. The molecule has 1 N–H and O–H groups in total. The normalized spacial score (nSPS) is 12.9. The van der Waals surface area contributed by atoms with Crippen molar-refractivity contribution in [1.29, 1.82) is 0 Å². The molecule has 10 nitrogen and oxygen atoms in total. The summed E-state index contributed by atoms with van der Waals surface area (Å²) < 4.78 is 42.5. The van der Waals surface area contributed by atoms with E-state index in [1.165, 1.54) is 0 Å². The molecule has 0 aliphatic heterocycles. The lowest BCUT2D eigenvalue weighted by Crippen LogP contribution is -2.37. The number of carboxylic acid groups (broad SMARTS) is 1. The van der Waals surface area contributed by atoms with E-state index in [0.717, 1.165) is 0 Å². The largest absolute Gasteiger partial charge is 0.479 e. The summed E-state index contributed by atoms with van der Waals surface area (Å²) in [6, 6.07) is 0. The van der Waals surface area contributed by atoms with Crippen LogP contribution in [0.25, 0.3) is 0 Å². The van der Waals surface area contributed by atoms with Crippen LogP contribution in [0.4, 0.5) is 0 Å². The molecule has 0 saturated carbocycles. The quantitative estimate of drug-likeness (QED) is 0.226. The molecule has 0 radical (unpaired) electrons. The van der Waals surface area contributed by atoms with Crippen molar-refractivity contribution in [3.05, 3.63) is 0 Å². The monoisotopic (exact) mass is 454 g/mol. The average molecular weight is 455 g/mol. The predicted molar refractivity (Wildman–Crippen MR) is 114 cm³/mol. The Morgan fingerprint density at radius 3 is 1.16 bits per heavy atom. The van der Waals surface area contributed by atoms with E-state index in [9.17, 15) is 4.79 Å². The van der Waals surface area contributed by atoms with Gasteiger partial charge in [-0.1, -0.05) is 20.8 Å². The van der Waals surface area contributed by atoms with Gasteiger partial charge in [0.15, 0.2) is 6.10 Å². The molecule has 1 unspecified atom stereocenters. The SMILES string of the molecule is COCCOCCOCCOCCOCCOCCOCCOC(C(=O)O)C(C)(C)C. The highest BCUT2D eigenvalue weighted by atomic mass is 16.6. The molecule has 0 heterocycles. The molecule has 0 amide bonds. The van der Waals surface area contributed by atoms with Crippen molar-refractivity contribution < 1.29 is 47.8 Å². The van der Waals surface area contributed by atoms with E-state index in [1.807, 2.05) is 20.8 Å². The second-order valence-corrected chi connectivity index (χ2v) is 7.62. The van der Waals surface area contributed by atoms with E-state index in [4.69, 9.17) is 43.0 Å². The van der Waals surface area contributed by atoms with Gasteiger partial charge in [0.2, 0.25) is 0 Å². The summed E-state index contributed by atoms with van der Waals surface area (Å²) in [5, 5.41) is 9.16. The van der Waals surface area contributed by atoms with E-state index in [-0.39, 0.29) is 6.61 Å². The van der Waals surface area contributed by atoms with Crippen LogP contribution in [-0.2, 0) is 42.7 Å². The Balaban J connectivity index is 3.23. The van der Waals surface area contributed by atoms with Crippen molar-refractivity contribution in [3.8, 4) is 0 Å². The van der Waals surface area contributed by atoms with E-state index in [2.05, 4.69) is 0 Å². The van der Waals surface area contributed by atoms with Gasteiger partial charge in [0.25, 0.3) is 0 Å². The topological polar surface area (TPSA) is 111 Å². The summed E-state index contributed by atoms with van der Waals surface area (Å²) in [5.74, 6) is -0.964. The molecule has 1 atom stereocenters. The zero-order valence-corrected chi connectivity index (χ0v) is 19.6. The van der Waals surface area contributed by atoms with Crippen LogP contribution in [0.3, 0.4) is 0 Å². The van der Waals surface area contributed by atoms with Crippen molar-refractivity contribution in [2.24, 2.45) is 5.41 Å². The van der Waals surface area contributed by atoms with Crippen LogP contribution in [0.5, 0.6) is 0 Å². The Hall–Kier alpha value is -0.850. The van der Waals surface area contributed by atoms with Crippen LogP contribution in [0.2, 0.25) is 0 Å². The summed E-state index contributed by atoms with van der Waals surface area (Å²) in [4.78, 5) is 11.2. The Kier molecular flexibility index (Phi) is 20.4. The molecule has 186 valence electrons. The van der Waals surface area contributed by atoms with Gasteiger partial charge >= 0.3 is 5.97 Å². The summed E-state index contributed by atoms with van der Waals surface area (Å²) in [6.07, 6.45) is -0.855. The number of hydrogen-bond donors (Lipinski definition) is 1. The number of carboxylic acids is 1. The number of methoxy groups -OCH3 is 1. The maximum absolute atomic E-state index is 11.2. The molecule has 0 spiro atoms. The second-order valence-electron chi connectivity index (χ2n) is 7.62. The van der Waals surface area contributed by atoms with E-state index in [0.29, 0.717) is 85.9 Å². The van der Waals surface area contributed by atoms with Gasteiger partial charge in [-0.2, -0.15) is 0 Å². The number of ether oxygens (including phenoxy) is 8. The fourth-order valence-corrected chi connectivity index (χ4v) is 2.26. The molecule has 0 rings (SSSR count). The standard InChI is InChI=1S/C21H42O10/c1-21(2,3)19(20(22)23)31-18-17-30-16-15-29-14-13-28-12-11-27-10-9-26-8-7-25-6-5-24-4/h19H,5-18H2,1-4H3,(H,22,23). The smallest absolute Gasteiger partial charge is 0.333 e. The molecule has 0 bridgehead atoms. The summed E-state index contributed by atoms with van der Waals surface area (Å²) in [5.41, 5.74) is -0.465. The van der Waals surface area contributed by atoms with Crippen molar-refractivity contribution in [2.45, 2.75) is 26.9 Å². The first-order valence-electron chi connectivity index (χ1n) is 10.7. The van der Waals surface area contributed by atoms with Crippen molar-refractivity contribution in [1.82, 2.24) is 0 Å². The van der Waals surface area contributed by atoms with Gasteiger partial charge in [-0.05, 0) is 5.41 Å². The molecule has 0 aromatic heterocycles. The molecule has 0 aromatic carbocycles. The Morgan fingerprint density at radius 2 is 0.903 bits per heavy atom. The fourth-order valence-electron chi connectivity index (χ4n) is 2.26. The Bertz CT molecular complexity index is 400. The predicted octanol–water partition coefficient (Wildman–Crippen LogP) is 1.25. The fraction of sp³-hybridized carbons (Fsp3) is 0.952. The van der Waals surface area contributed by atoms with Gasteiger partial charge in [0.05, 0.1) is 92.5 Å². The molecular weight excluding hydrogens is 412 g/mol. The Labute approximate surface area is 186 Å². The van der Waals surface area contributed by atoms with Gasteiger partial charge in [-0.15, -0.1) is 0 Å². The average Bonchev–Trinajstić information content (AvgIpc) is 2.70. The van der Waals surface area contributed by atoms with E-state index >= 15 is 0 Å². The summed E-state index contributed by atoms with van der Waals surface area (Å²) in [7, 11) is 1.64. The lowest BCUT2D eigenvalue weighted by Gasteiger charge is -2.26. The van der Waals surface area contributed by atoms with Crippen LogP contribution in [0, 0.1) is 5.41 Å². The molecule has 0 aromatic rings. The minimum absolute atomic E-state index is 0.227. The van der Waals surface area contributed by atoms with Gasteiger partial charge in [0.1, 0.15) is 0 Å². The van der Waals surface area contributed by atoms with Crippen molar-refractivity contribution in [2.75, 3.05) is 99.6 Å². The highest BCUT2D eigenvalue weighted by Crippen LogP contribution is 2.22.